The van der Waals surface area contributed by atoms with Gasteiger partial charge in [-0.3, -0.25) is 4.79 Å². The molecule has 0 aliphatic carbocycles. The third-order valence-electron chi connectivity index (χ3n) is 2.61. The Morgan fingerprint density at radius 3 is 2.60 bits per heavy atom. The summed E-state index contributed by atoms with van der Waals surface area (Å²) >= 11 is 0. The number of nitrogens with one attached hydrogen (secondary N) is 1. The van der Waals surface area contributed by atoms with Crippen molar-refractivity contribution in [1.29, 1.82) is 0 Å². The molecule has 0 unspecified atom stereocenters. The SMILES string of the molecule is O=C(NCCn1cnc(C(=O)O)c1)c1ccc(F)cc1. The molecule has 0 saturated carbocycles. The van der Waals surface area contributed by atoms with Crippen molar-refractivity contribution < 1.29 is 19.1 Å². The summed E-state index contributed by atoms with van der Waals surface area (Å²) in [6.45, 7) is 0.707. The van der Waals surface area contributed by atoms with Gasteiger partial charge >= 0.3 is 5.97 Å². The Morgan fingerprint density at radius 1 is 1.30 bits per heavy atom. The first-order valence-electron chi connectivity index (χ1n) is 5.85. The monoisotopic (exact) mass is 277 g/mol. The molecule has 0 spiro atoms. The second-order valence-electron chi connectivity index (χ2n) is 4.06. The summed E-state index contributed by atoms with van der Waals surface area (Å²) in [6, 6.07) is 5.21. The van der Waals surface area contributed by atoms with Gasteiger partial charge in [0.25, 0.3) is 5.91 Å². The van der Waals surface area contributed by atoms with Crippen molar-refractivity contribution in [3.05, 3.63) is 53.9 Å². The lowest BCUT2D eigenvalue weighted by molar-refractivity contribution is 0.0690. The van der Waals surface area contributed by atoms with Crippen molar-refractivity contribution >= 4 is 11.9 Å². The summed E-state index contributed by atoms with van der Waals surface area (Å²) in [5.41, 5.74) is 0.318. The van der Waals surface area contributed by atoms with Crippen LogP contribution in [0.5, 0.6) is 0 Å². The van der Waals surface area contributed by atoms with Crippen LogP contribution in [0.4, 0.5) is 4.39 Å². The first-order valence-corrected chi connectivity index (χ1v) is 5.85. The predicted molar refractivity (Wildman–Crippen MR) is 67.9 cm³/mol. The molecule has 20 heavy (non-hydrogen) atoms. The molecule has 2 rings (SSSR count). The largest absolute Gasteiger partial charge is 0.476 e. The molecule has 2 N–H and O–H groups in total. The molecule has 0 fully saturated rings. The van der Waals surface area contributed by atoms with E-state index in [2.05, 4.69) is 10.3 Å². The Kier molecular flexibility index (Phi) is 4.09. The lowest BCUT2D eigenvalue weighted by atomic mass is 10.2. The van der Waals surface area contributed by atoms with Crippen LogP contribution in [0.3, 0.4) is 0 Å². The minimum Gasteiger partial charge on any atom is -0.476 e. The van der Waals surface area contributed by atoms with Crippen LogP contribution in [-0.4, -0.2) is 33.1 Å². The van der Waals surface area contributed by atoms with E-state index in [1.54, 1.807) is 4.57 Å². The van der Waals surface area contributed by atoms with Gasteiger partial charge in [-0.15, -0.1) is 0 Å². The number of nitrogens with zero attached hydrogens (tertiary/aromatic N) is 2. The fraction of sp³-hybridized carbons (Fsp3) is 0.154. The second kappa shape index (κ2) is 5.96. The first-order chi connectivity index (χ1) is 9.56. The van der Waals surface area contributed by atoms with Gasteiger partial charge in [0.1, 0.15) is 5.82 Å². The van der Waals surface area contributed by atoms with Gasteiger partial charge in [0.2, 0.25) is 0 Å². The molecule has 104 valence electrons. The molecular formula is C13H12FN3O3. The second-order valence-corrected chi connectivity index (χ2v) is 4.06. The normalized spacial score (nSPS) is 10.2. The van der Waals surface area contributed by atoms with E-state index in [0.717, 1.165) is 0 Å². The molecule has 1 heterocycles. The van der Waals surface area contributed by atoms with E-state index in [0.29, 0.717) is 18.7 Å². The fourth-order valence-electron chi connectivity index (χ4n) is 1.59. The maximum Gasteiger partial charge on any atom is 0.356 e. The molecule has 1 aromatic heterocycles. The Balaban J connectivity index is 1.84. The number of rotatable bonds is 5. The first kappa shape index (κ1) is 13.7. The van der Waals surface area contributed by atoms with Crippen LogP contribution in [0.25, 0.3) is 0 Å². The molecule has 7 heteroatoms. The third kappa shape index (κ3) is 3.41. The highest BCUT2D eigenvalue weighted by Crippen LogP contribution is 2.02. The quantitative estimate of drug-likeness (QED) is 0.858. The summed E-state index contributed by atoms with van der Waals surface area (Å²) in [7, 11) is 0. The van der Waals surface area contributed by atoms with Gasteiger partial charge in [0, 0.05) is 24.8 Å². The van der Waals surface area contributed by atoms with E-state index < -0.39 is 11.8 Å². The summed E-state index contributed by atoms with van der Waals surface area (Å²) in [4.78, 5) is 26.0. The van der Waals surface area contributed by atoms with Crippen LogP contribution < -0.4 is 5.32 Å². The van der Waals surface area contributed by atoms with Crippen LogP contribution in [0.2, 0.25) is 0 Å². The van der Waals surface area contributed by atoms with Crippen LogP contribution >= 0.6 is 0 Å². The maximum absolute atomic E-state index is 12.7. The van der Waals surface area contributed by atoms with E-state index in [1.165, 1.54) is 36.8 Å². The maximum atomic E-state index is 12.7. The van der Waals surface area contributed by atoms with Crippen molar-refractivity contribution in [2.75, 3.05) is 6.54 Å². The number of amides is 1. The zero-order valence-corrected chi connectivity index (χ0v) is 10.4. The Labute approximate surface area is 113 Å². The molecule has 2 aromatic rings. The minimum atomic E-state index is -1.10. The van der Waals surface area contributed by atoms with E-state index >= 15 is 0 Å². The van der Waals surface area contributed by atoms with Crippen molar-refractivity contribution in [1.82, 2.24) is 14.9 Å². The summed E-state index contributed by atoms with van der Waals surface area (Å²) < 4.78 is 14.3. The van der Waals surface area contributed by atoms with Gasteiger partial charge in [-0.1, -0.05) is 0 Å². The average Bonchev–Trinajstić information content (AvgIpc) is 2.88. The van der Waals surface area contributed by atoms with Crippen LogP contribution in [-0.2, 0) is 6.54 Å². The van der Waals surface area contributed by atoms with Gasteiger partial charge in [-0.05, 0) is 24.3 Å². The van der Waals surface area contributed by atoms with Gasteiger partial charge in [0.05, 0.1) is 6.33 Å². The number of carboxylic acid groups (broad SMARTS) is 1. The Bertz CT molecular complexity index is 622. The molecule has 6 nitrogen and oxygen atoms in total. The number of carbonyl (C=O) groups excluding carboxylic acids is 1. The van der Waals surface area contributed by atoms with E-state index in [9.17, 15) is 14.0 Å². The third-order valence-corrected chi connectivity index (χ3v) is 2.61. The van der Waals surface area contributed by atoms with Crippen LogP contribution in [0.15, 0.2) is 36.8 Å². The molecule has 0 aliphatic rings. The van der Waals surface area contributed by atoms with Gasteiger partial charge in [-0.25, -0.2) is 14.2 Å². The van der Waals surface area contributed by atoms with Gasteiger partial charge in [0.15, 0.2) is 5.69 Å². The molecule has 1 amide bonds. The molecule has 0 saturated heterocycles. The highest BCUT2D eigenvalue weighted by atomic mass is 19.1. The predicted octanol–water partition coefficient (Wildman–Crippen LogP) is 1.15. The number of hydrogen-bond donors (Lipinski definition) is 2. The average molecular weight is 277 g/mol. The summed E-state index contributed by atoms with van der Waals surface area (Å²) in [5, 5.41) is 11.4. The summed E-state index contributed by atoms with van der Waals surface area (Å²) in [5.74, 6) is -1.82. The number of imidazole rings is 1. The number of aromatic carboxylic acids is 1. The van der Waals surface area contributed by atoms with Gasteiger partial charge < -0.3 is 15.0 Å². The number of aromatic nitrogens is 2. The molecule has 0 atom stereocenters. The minimum absolute atomic E-state index is 0.0464. The topological polar surface area (TPSA) is 84.2 Å². The molecule has 1 aromatic carbocycles. The highest BCUT2D eigenvalue weighted by Gasteiger charge is 2.07. The number of carbonyl (C=O) groups is 2. The molecule has 0 bridgehead atoms. The zero-order valence-electron chi connectivity index (χ0n) is 10.4. The highest BCUT2D eigenvalue weighted by molar-refractivity contribution is 5.94. The van der Waals surface area contributed by atoms with Crippen LogP contribution in [0.1, 0.15) is 20.8 Å². The van der Waals surface area contributed by atoms with Crippen molar-refractivity contribution in [2.45, 2.75) is 6.54 Å². The number of benzene rings is 1. The lowest BCUT2D eigenvalue weighted by Gasteiger charge is -2.05. The van der Waals surface area contributed by atoms with Crippen molar-refractivity contribution in [3.63, 3.8) is 0 Å². The van der Waals surface area contributed by atoms with Gasteiger partial charge in [-0.2, -0.15) is 0 Å². The molecule has 0 radical (unpaired) electrons. The van der Waals surface area contributed by atoms with E-state index in [1.807, 2.05) is 0 Å². The smallest absolute Gasteiger partial charge is 0.356 e. The Morgan fingerprint density at radius 2 is 2.00 bits per heavy atom. The van der Waals surface area contributed by atoms with Crippen molar-refractivity contribution in [3.8, 4) is 0 Å². The fourth-order valence-corrected chi connectivity index (χ4v) is 1.59. The Hall–Kier alpha value is -2.70. The van der Waals surface area contributed by atoms with E-state index in [4.69, 9.17) is 5.11 Å². The number of hydrogen-bond acceptors (Lipinski definition) is 3. The standard InChI is InChI=1S/C13H12FN3O3/c14-10-3-1-9(2-4-10)12(18)15-5-6-17-7-11(13(19)20)16-8-17/h1-4,7-8H,5-6H2,(H,15,18)(H,19,20). The van der Waals surface area contributed by atoms with Crippen molar-refractivity contribution in [2.24, 2.45) is 0 Å². The molecular weight excluding hydrogens is 265 g/mol. The van der Waals surface area contributed by atoms with E-state index in [-0.39, 0.29) is 11.6 Å². The number of halogens is 1. The number of carboxylic acids is 1. The molecule has 0 aliphatic heterocycles. The lowest BCUT2D eigenvalue weighted by Crippen LogP contribution is -2.26. The zero-order chi connectivity index (χ0) is 14.5. The summed E-state index contributed by atoms with van der Waals surface area (Å²) in [6.07, 6.45) is 2.76. The van der Waals surface area contributed by atoms with Crippen LogP contribution in [0, 0.1) is 5.82 Å².